The number of allylic oxidation sites excluding steroid dienone is 1. The first-order valence-electron chi connectivity index (χ1n) is 6.57. The van der Waals surface area contributed by atoms with Gasteiger partial charge in [-0.05, 0) is 23.8 Å². The Balaban J connectivity index is 2.30. The van der Waals surface area contributed by atoms with Crippen molar-refractivity contribution in [1.82, 2.24) is 0 Å². The monoisotopic (exact) mass is 275 g/mol. The molecule has 0 aliphatic carbocycles. The van der Waals surface area contributed by atoms with Crippen LogP contribution < -0.4 is 10.6 Å². The molecule has 21 heavy (non-hydrogen) atoms. The fraction of sp³-hybridized carbons (Fsp3) is 0.0588. The summed E-state index contributed by atoms with van der Waals surface area (Å²) in [6, 6.07) is 17.4. The van der Waals surface area contributed by atoms with E-state index >= 15 is 0 Å². The third-order valence-electron chi connectivity index (χ3n) is 3.45. The molecular weight excluding hydrogens is 262 g/mol. The van der Waals surface area contributed by atoms with Crippen LogP contribution in [0.25, 0.3) is 11.6 Å². The van der Waals surface area contributed by atoms with Gasteiger partial charge >= 0.3 is 0 Å². The molecule has 0 aromatic heterocycles. The van der Waals surface area contributed by atoms with Gasteiger partial charge in [-0.1, -0.05) is 36.4 Å². The third-order valence-corrected chi connectivity index (χ3v) is 3.45. The zero-order chi connectivity index (χ0) is 14.8. The minimum absolute atomic E-state index is 0.0700. The number of amides is 1. The lowest BCUT2D eigenvalue weighted by molar-refractivity contribution is -0.116. The average Bonchev–Trinajstić information content (AvgIpc) is 2.63. The van der Waals surface area contributed by atoms with Crippen LogP contribution in [0.5, 0.6) is 0 Å². The van der Waals surface area contributed by atoms with E-state index in [1.54, 1.807) is 0 Å². The number of nitriles is 1. The predicted molar refractivity (Wildman–Crippen MR) is 82.6 cm³/mol. The average molecular weight is 275 g/mol. The highest BCUT2D eigenvalue weighted by molar-refractivity contribution is 6.01. The van der Waals surface area contributed by atoms with Gasteiger partial charge in [-0.3, -0.25) is 4.79 Å². The SMILES string of the molecule is N#CC1=Cc2ccccc2N(CC(N)=O)c2ccccc21. The number of nitrogens with zero attached hydrogens (tertiary/aromatic N) is 2. The number of primary amides is 1. The molecule has 2 N–H and O–H groups in total. The van der Waals surface area contributed by atoms with Gasteiger partial charge < -0.3 is 10.6 Å². The molecule has 2 aromatic carbocycles. The van der Waals surface area contributed by atoms with E-state index in [9.17, 15) is 10.1 Å². The van der Waals surface area contributed by atoms with Gasteiger partial charge in [0, 0.05) is 11.3 Å². The van der Waals surface area contributed by atoms with Crippen molar-refractivity contribution >= 4 is 28.9 Å². The molecule has 0 bridgehead atoms. The van der Waals surface area contributed by atoms with E-state index in [0.717, 1.165) is 22.5 Å². The summed E-state index contributed by atoms with van der Waals surface area (Å²) in [4.78, 5) is 13.3. The quantitative estimate of drug-likeness (QED) is 0.916. The molecule has 3 rings (SSSR count). The molecule has 4 heteroatoms. The number of hydrogen-bond donors (Lipinski definition) is 1. The molecular formula is C17H13N3O. The van der Waals surface area contributed by atoms with Crippen LogP contribution in [0.4, 0.5) is 11.4 Å². The summed E-state index contributed by atoms with van der Waals surface area (Å²) in [5.74, 6) is -0.417. The number of nitrogens with two attached hydrogens (primary N) is 1. The molecule has 0 spiro atoms. The molecule has 4 nitrogen and oxygen atoms in total. The second-order valence-electron chi connectivity index (χ2n) is 4.80. The smallest absolute Gasteiger partial charge is 0.237 e. The number of para-hydroxylation sites is 2. The molecule has 102 valence electrons. The van der Waals surface area contributed by atoms with Crippen molar-refractivity contribution in [3.63, 3.8) is 0 Å². The molecule has 0 atom stereocenters. The van der Waals surface area contributed by atoms with Crippen LogP contribution in [-0.4, -0.2) is 12.5 Å². The summed E-state index contributed by atoms with van der Waals surface area (Å²) in [6.45, 7) is 0.0700. The Bertz CT molecular complexity index is 787. The van der Waals surface area contributed by atoms with E-state index in [1.165, 1.54) is 0 Å². The Morgan fingerprint density at radius 1 is 1.10 bits per heavy atom. The lowest BCUT2D eigenvalue weighted by atomic mass is 10.0. The molecule has 0 radical (unpaired) electrons. The Morgan fingerprint density at radius 3 is 2.48 bits per heavy atom. The topological polar surface area (TPSA) is 70.1 Å². The summed E-state index contributed by atoms with van der Waals surface area (Å²) in [5, 5.41) is 9.43. The highest BCUT2D eigenvalue weighted by atomic mass is 16.1. The van der Waals surface area contributed by atoms with Crippen molar-refractivity contribution in [2.75, 3.05) is 11.4 Å². The summed E-state index contributed by atoms with van der Waals surface area (Å²) >= 11 is 0. The molecule has 1 aliphatic heterocycles. The number of rotatable bonds is 2. The van der Waals surface area contributed by atoms with Gasteiger partial charge in [-0.25, -0.2) is 0 Å². The number of fused-ring (bicyclic) bond motifs is 2. The van der Waals surface area contributed by atoms with Crippen molar-refractivity contribution in [3.05, 3.63) is 59.7 Å². The first kappa shape index (κ1) is 12.9. The zero-order valence-electron chi connectivity index (χ0n) is 11.3. The van der Waals surface area contributed by atoms with Crippen molar-refractivity contribution in [2.45, 2.75) is 0 Å². The van der Waals surface area contributed by atoms with Gasteiger partial charge in [0.2, 0.25) is 5.91 Å². The normalized spacial score (nSPS) is 12.5. The number of carbonyl (C=O) groups excluding carboxylic acids is 1. The molecule has 0 fully saturated rings. The molecule has 1 heterocycles. The van der Waals surface area contributed by atoms with Gasteiger partial charge in [-0.15, -0.1) is 0 Å². The van der Waals surface area contributed by atoms with E-state index in [4.69, 9.17) is 5.73 Å². The van der Waals surface area contributed by atoms with E-state index < -0.39 is 5.91 Å². The van der Waals surface area contributed by atoms with Gasteiger partial charge in [0.05, 0.1) is 17.3 Å². The fourth-order valence-electron chi connectivity index (χ4n) is 2.57. The summed E-state index contributed by atoms with van der Waals surface area (Å²) in [5.41, 5.74) is 9.35. The molecule has 0 saturated carbocycles. The number of anilines is 2. The Morgan fingerprint density at radius 2 is 1.76 bits per heavy atom. The predicted octanol–water partition coefficient (Wildman–Crippen LogP) is 2.69. The van der Waals surface area contributed by atoms with Gasteiger partial charge in [0.25, 0.3) is 0 Å². The molecule has 0 saturated heterocycles. The highest BCUT2D eigenvalue weighted by Crippen LogP contribution is 2.38. The van der Waals surface area contributed by atoms with Gasteiger partial charge in [-0.2, -0.15) is 5.26 Å². The van der Waals surface area contributed by atoms with Gasteiger partial charge in [0.15, 0.2) is 0 Å². The maximum atomic E-state index is 11.4. The maximum absolute atomic E-state index is 11.4. The maximum Gasteiger partial charge on any atom is 0.237 e. The summed E-state index contributed by atoms with van der Waals surface area (Å²) < 4.78 is 0. The minimum Gasteiger partial charge on any atom is -0.368 e. The van der Waals surface area contributed by atoms with E-state index in [-0.39, 0.29) is 6.54 Å². The third kappa shape index (κ3) is 2.26. The molecule has 1 aliphatic rings. The van der Waals surface area contributed by atoms with Crippen LogP contribution in [0, 0.1) is 11.3 Å². The van der Waals surface area contributed by atoms with Crippen molar-refractivity contribution in [3.8, 4) is 6.07 Å². The first-order chi connectivity index (χ1) is 10.2. The van der Waals surface area contributed by atoms with Crippen LogP contribution in [0.1, 0.15) is 11.1 Å². The van der Waals surface area contributed by atoms with E-state index in [2.05, 4.69) is 6.07 Å². The van der Waals surface area contributed by atoms with Gasteiger partial charge in [0.1, 0.15) is 6.54 Å². The zero-order valence-corrected chi connectivity index (χ0v) is 11.3. The number of hydrogen-bond acceptors (Lipinski definition) is 3. The van der Waals surface area contributed by atoms with E-state index in [0.29, 0.717) is 5.57 Å². The largest absolute Gasteiger partial charge is 0.368 e. The minimum atomic E-state index is -0.417. The number of carbonyl (C=O) groups is 1. The standard InChI is InChI=1S/C17H13N3O/c18-10-13-9-12-5-1-3-7-15(12)20(11-17(19)21)16-8-4-2-6-14(13)16/h1-9H,11H2,(H2,19,21). The van der Waals surface area contributed by atoms with E-state index in [1.807, 2.05) is 59.5 Å². The Hall–Kier alpha value is -3.06. The number of benzene rings is 2. The summed E-state index contributed by atoms with van der Waals surface area (Å²) in [7, 11) is 0. The molecule has 0 unspecified atom stereocenters. The van der Waals surface area contributed by atoms with Crippen LogP contribution in [0.15, 0.2) is 48.5 Å². The van der Waals surface area contributed by atoms with Crippen LogP contribution in [0.3, 0.4) is 0 Å². The Kier molecular flexibility index (Phi) is 3.17. The van der Waals surface area contributed by atoms with Crippen molar-refractivity contribution < 1.29 is 4.79 Å². The molecule has 2 aromatic rings. The van der Waals surface area contributed by atoms with Crippen LogP contribution in [-0.2, 0) is 4.79 Å². The van der Waals surface area contributed by atoms with Crippen molar-refractivity contribution in [1.29, 1.82) is 5.26 Å². The summed E-state index contributed by atoms with van der Waals surface area (Å²) in [6.07, 6.45) is 1.84. The fourth-order valence-corrected chi connectivity index (χ4v) is 2.57. The molecule has 1 amide bonds. The van der Waals surface area contributed by atoms with Crippen LogP contribution >= 0.6 is 0 Å². The first-order valence-corrected chi connectivity index (χ1v) is 6.57. The Labute approximate surface area is 122 Å². The lowest BCUT2D eigenvalue weighted by Gasteiger charge is -2.25. The second kappa shape index (κ2) is 5.14. The highest BCUT2D eigenvalue weighted by Gasteiger charge is 2.22. The van der Waals surface area contributed by atoms with Crippen molar-refractivity contribution in [2.24, 2.45) is 5.73 Å². The second-order valence-corrected chi connectivity index (χ2v) is 4.80. The van der Waals surface area contributed by atoms with Crippen LogP contribution in [0.2, 0.25) is 0 Å². The lowest BCUT2D eigenvalue weighted by Crippen LogP contribution is -2.30.